The summed E-state index contributed by atoms with van der Waals surface area (Å²) in [4.78, 5) is 14.5. The van der Waals surface area contributed by atoms with E-state index in [4.69, 9.17) is 5.73 Å². The third-order valence-electron chi connectivity index (χ3n) is 5.02. The Labute approximate surface area is 129 Å². The first-order valence-corrected chi connectivity index (χ1v) is 8.73. The molecule has 0 saturated heterocycles. The van der Waals surface area contributed by atoms with E-state index in [0.717, 1.165) is 31.2 Å². The van der Waals surface area contributed by atoms with E-state index < -0.39 is 5.54 Å². The van der Waals surface area contributed by atoms with Crippen molar-refractivity contribution < 1.29 is 4.79 Å². The van der Waals surface area contributed by atoms with Gasteiger partial charge in [-0.05, 0) is 70.8 Å². The Morgan fingerprint density at radius 2 is 1.81 bits per heavy atom. The summed E-state index contributed by atoms with van der Waals surface area (Å²) >= 11 is 0. The average molecular weight is 295 g/mol. The van der Waals surface area contributed by atoms with Crippen LogP contribution < -0.4 is 11.1 Å². The van der Waals surface area contributed by atoms with Crippen LogP contribution in [0.15, 0.2) is 0 Å². The summed E-state index contributed by atoms with van der Waals surface area (Å²) in [6.07, 6.45) is 7.36. The molecule has 2 atom stereocenters. The first kappa shape index (κ1) is 16.8. The highest BCUT2D eigenvalue weighted by Crippen LogP contribution is 2.35. The van der Waals surface area contributed by atoms with Gasteiger partial charge in [0.2, 0.25) is 5.91 Å². The van der Waals surface area contributed by atoms with Crippen LogP contribution in [0.25, 0.3) is 0 Å². The van der Waals surface area contributed by atoms with E-state index in [9.17, 15) is 4.79 Å². The van der Waals surface area contributed by atoms with Crippen molar-refractivity contribution in [2.24, 2.45) is 17.6 Å². The highest BCUT2D eigenvalue weighted by Gasteiger charge is 2.36. The normalized spacial score (nSPS) is 23.0. The molecule has 4 heteroatoms. The molecular formula is C17H33N3O. The van der Waals surface area contributed by atoms with Gasteiger partial charge < -0.3 is 16.0 Å². The van der Waals surface area contributed by atoms with Crippen LogP contribution in [0.2, 0.25) is 0 Å². The van der Waals surface area contributed by atoms with Gasteiger partial charge in [0.05, 0.1) is 5.54 Å². The minimum atomic E-state index is -0.583. The number of amides is 1. The van der Waals surface area contributed by atoms with Crippen molar-refractivity contribution >= 4 is 5.91 Å². The molecule has 0 aromatic carbocycles. The number of nitrogens with one attached hydrogen (secondary N) is 1. The molecular weight excluding hydrogens is 262 g/mol. The zero-order valence-corrected chi connectivity index (χ0v) is 14.0. The van der Waals surface area contributed by atoms with Crippen LogP contribution in [-0.4, -0.2) is 42.0 Å². The molecule has 4 nitrogen and oxygen atoms in total. The Morgan fingerprint density at radius 1 is 1.29 bits per heavy atom. The van der Waals surface area contributed by atoms with Gasteiger partial charge in [-0.3, -0.25) is 4.79 Å². The number of primary amides is 1. The molecule has 0 aliphatic heterocycles. The topological polar surface area (TPSA) is 58.4 Å². The molecule has 0 aromatic heterocycles. The van der Waals surface area contributed by atoms with Gasteiger partial charge >= 0.3 is 0 Å². The first-order valence-electron chi connectivity index (χ1n) is 8.73. The molecule has 0 bridgehead atoms. The second-order valence-electron chi connectivity index (χ2n) is 7.52. The molecule has 0 heterocycles. The molecule has 122 valence electrons. The summed E-state index contributed by atoms with van der Waals surface area (Å²) < 4.78 is 0. The number of hydrogen-bond acceptors (Lipinski definition) is 3. The molecule has 1 amide bonds. The van der Waals surface area contributed by atoms with E-state index >= 15 is 0 Å². The van der Waals surface area contributed by atoms with Crippen LogP contribution in [0, 0.1) is 11.8 Å². The van der Waals surface area contributed by atoms with Gasteiger partial charge in [0.25, 0.3) is 0 Å². The van der Waals surface area contributed by atoms with Gasteiger partial charge in [0.15, 0.2) is 0 Å². The van der Waals surface area contributed by atoms with Crippen LogP contribution in [0.4, 0.5) is 0 Å². The van der Waals surface area contributed by atoms with E-state index in [2.05, 4.69) is 24.1 Å². The van der Waals surface area contributed by atoms with Gasteiger partial charge in [-0.15, -0.1) is 0 Å². The lowest BCUT2D eigenvalue weighted by atomic mass is 9.91. The highest BCUT2D eigenvalue weighted by molar-refractivity contribution is 5.84. The van der Waals surface area contributed by atoms with E-state index in [0.29, 0.717) is 6.04 Å². The van der Waals surface area contributed by atoms with Crippen LogP contribution in [0.5, 0.6) is 0 Å². The van der Waals surface area contributed by atoms with Gasteiger partial charge in [-0.25, -0.2) is 0 Å². The lowest BCUT2D eigenvalue weighted by Gasteiger charge is -2.36. The third-order valence-corrected chi connectivity index (χ3v) is 5.02. The maximum atomic E-state index is 11.9. The summed E-state index contributed by atoms with van der Waals surface area (Å²) in [5, 5.41) is 3.37. The number of hydrogen-bond donors (Lipinski definition) is 2. The van der Waals surface area contributed by atoms with E-state index in [-0.39, 0.29) is 5.91 Å². The Morgan fingerprint density at radius 3 is 2.19 bits per heavy atom. The van der Waals surface area contributed by atoms with E-state index in [1.165, 1.54) is 38.8 Å². The van der Waals surface area contributed by atoms with Crippen molar-refractivity contribution in [3.63, 3.8) is 0 Å². The second kappa shape index (κ2) is 7.10. The maximum Gasteiger partial charge on any atom is 0.237 e. The molecule has 2 aliphatic rings. The molecule has 0 aromatic rings. The fourth-order valence-corrected chi connectivity index (χ4v) is 3.08. The molecule has 3 N–H and O–H groups in total. The van der Waals surface area contributed by atoms with Crippen molar-refractivity contribution in [1.29, 1.82) is 0 Å². The fourth-order valence-electron chi connectivity index (χ4n) is 3.08. The largest absolute Gasteiger partial charge is 0.368 e. The first-order chi connectivity index (χ1) is 9.94. The quantitative estimate of drug-likeness (QED) is 0.614. The maximum absolute atomic E-state index is 11.9. The monoisotopic (exact) mass is 295 g/mol. The SMILES string of the molecule is CCCNC(C)(CC(C)N(CC1CC1)CC1CC1)C(N)=O. The van der Waals surface area contributed by atoms with Crippen LogP contribution >= 0.6 is 0 Å². The minimum Gasteiger partial charge on any atom is -0.368 e. The van der Waals surface area contributed by atoms with Crippen LogP contribution in [0.1, 0.15) is 59.3 Å². The zero-order chi connectivity index (χ0) is 15.5. The molecule has 0 spiro atoms. The molecule has 2 saturated carbocycles. The molecule has 0 radical (unpaired) electrons. The van der Waals surface area contributed by atoms with Crippen LogP contribution in [-0.2, 0) is 4.79 Å². The lowest BCUT2D eigenvalue weighted by molar-refractivity contribution is -0.124. The van der Waals surface area contributed by atoms with Crippen molar-refractivity contribution in [3.05, 3.63) is 0 Å². The summed E-state index contributed by atoms with van der Waals surface area (Å²) in [5.41, 5.74) is 5.08. The van der Waals surface area contributed by atoms with Crippen LogP contribution in [0.3, 0.4) is 0 Å². The Balaban J connectivity index is 1.92. The fraction of sp³-hybridized carbons (Fsp3) is 0.941. The standard InChI is InChI=1S/C17H33N3O/c1-4-9-19-17(3,16(18)21)10-13(2)20(11-14-5-6-14)12-15-7-8-15/h13-15,19H,4-12H2,1-3H3,(H2,18,21). The van der Waals surface area contributed by atoms with E-state index in [1.54, 1.807) is 0 Å². The highest BCUT2D eigenvalue weighted by atomic mass is 16.1. The number of carbonyl (C=O) groups is 1. The Bertz CT molecular complexity index is 338. The van der Waals surface area contributed by atoms with Gasteiger partial charge in [-0.2, -0.15) is 0 Å². The zero-order valence-electron chi connectivity index (χ0n) is 14.0. The lowest BCUT2D eigenvalue weighted by Crippen LogP contribution is -2.56. The average Bonchev–Trinajstić information content (AvgIpc) is 3.30. The third kappa shape index (κ3) is 5.26. The van der Waals surface area contributed by atoms with Gasteiger partial charge in [-0.1, -0.05) is 6.92 Å². The van der Waals surface area contributed by atoms with Crippen molar-refractivity contribution in [2.45, 2.75) is 70.9 Å². The Hall–Kier alpha value is -0.610. The molecule has 2 unspecified atom stereocenters. The van der Waals surface area contributed by atoms with Crippen molar-refractivity contribution in [2.75, 3.05) is 19.6 Å². The molecule has 2 aliphatic carbocycles. The summed E-state index contributed by atoms with van der Waals surface area (Å²) in [6.45, 7) is 9.61. The second-order valence-corrected chi connectivity index (χ2v) is 7.52. The minimum absolute atomic E-state index is 0.222. The Kier molecular flexibility index (Phi) is 5.67. The van der Waals surface area contributed by atoms with Crippen molar-refractivity contribution in [1.82, 2.24) is 10.2 Å². The number of nitrogens with two attached hydrogens (primary N) is 1. The van der Waals surface area contributed by atoms with Gasteiger partial charge in [0, 0.05) is 19.1 Å². The summed E-state index contributed by atoms with van der Waals surface area (Å²) in [7, 11) is 0. The van der Waals surface area contributed by atoms with Gasteiger partial charge in [0.1, 0.15) is 0 Å². The molecule has 2 fully saturated rings. The number of nitrogens with zero attached hydrogens (tertiary/aromatic N) is 1. The molecule has 21 heavy (non-hydrogen) atoms. The van der Waals surface area contributed by atoms with Crippen molar-refractivity contribution in [3.8, 4) is 0 Å². The predicted molar refractivity (Wildman–Crippen MR) is 87.0 cm³/mol. The number of rotatable bonds is 11. The predicted octanol–water partition coefficient (Wildman–Crippen LogP) is 2.13. The molecule has 2 rings (SSSR count). The van der Waals surface area contributed by atoms with E-state index in [1.807, 2.05) is 6.92 Å². The smallest absolute Gasteiger partial charge is 0.237 e. The number of carbonyl (C=O) groups excluding carboxylic acids is 1. The summed E-state index contributed by atoms with van der Waals surface area (Å²) in [5.74, 6) is 1.57. The summed E-state index contributed by atoms with van der Waals surface area (Å²) in [6, 6.07) is 0.410.